The normalized spacial score (nSPS) is 11.4. The Balaban J connectivity index is 1.33. The second-order valence-electron chi connectivity index (χ2n) is 7.54. The van der Waals surface area contributed by atoms with E-state index in [1.807, 2.05) is 34.6 Å². The minimum atomic E-state index is -0.562. The average Bonchev–Trinajstić information content (AvgIpc) is 3.62. The highest BCUT2D eigenvalue weighted by atomic mass is 16.5. The summed E-state index contributed by atoms with van der Waals surface area (Å²) in [6, 6.07) is 8.72. The number of nitrogens with zero attached hydrogens (tertiary/aromatic N) is 7. The van der Waals surface area contributed by atoms with Gasteiger partial charge in [-0.05, 0) is 30.3 Å². The Labute approximate surface area is 186 Å². The van der Waals surface area contributed by atoms with Gasteiger partial charge in [-0.1, -0.05) is 0 Å². The van der Waals surface area contributed by atoms with Gasteiger partial charge in [-0.2, -0.15) is 10.2 Å². The van der Waals surface area contributed by atoms with E-state index in [1.54, 1.807) is 53.7 Å². The Hall–Kier alpha value is -4.73. The quantitative estimate of drug-likeness (QED) is 0.379. The van der Waals surface area contributed by atoms with Crippen molar-refractivity contribution in [2.45, 2.75) is 6.54 Å². The SMILES string of the molecule is Cn1cc(-c2cnc3cnn(Cc4cnc5ccc(OC(=O)c6ccco6)cn45)c3c2)cn1. The molecule has 0 spiro atoms. The van der Waals surface area contributed by atoms with E-state index >= 15 is 0 Å². The fourth-order valence-electron chi connectivity index (χ4n) is 3.71. The Morgan fingerprint density at radius 3 is 2.79 bits per heavy atom. The van der Waals surface area contributed by atoms with Gasteiger partial charge < -0.3 is 9.15 Å². The summed E-state index contributed by atoms with van der Waals surface area (Å²) in [7, 11) is 1.88. The largest absolute Gasteiger partial charge is 0.457 e. The lowest BCUT2D eigenvalue weighted by molar-refractivity contribution is 0.0700. The summed E-state index contributed by atoms with van der Waals surface area (Å²) in [4.78, 5) is 21.2. The van der Waals surface area contributed by atoms with Gasteiger partial charge in [-0.25, -0.2) is 9.78 Å². The van der Waals surface area contributed by atoms with Gasteiger partial charge in [0.2, 0.25) is 5.76 Å². The zero-order valence-corrected chi connectivity index (χ0v) is 17.5. The number of carbonyl (C=O) groups excluding carboxylic acids is 1. The Morgan fingerprint density at radius 1 is 1.03 bits per heavy atom. The summed E-state index contributed by atoms with van der Waals surface area (Å²) >= 11 is 0. The molecule has 10 heteroatoms. The van der Waals surface area contributed by atoms with Crippen LogP contribution < -0.4 is 4.74 Å². The second-order valence-corrected chi connectivity index (χ2v) is 7.54. The fraction of sp³-hybridized carbons (Fsp3) is 0.0870. The zero-order valence-electron chi connectivity index (χ0n) is 17.5. The van der Waals surface area contributed by atoms with Crippen LogP contribution in [0.1, 0.15) is 16.2 Å². The van der Waals surface area contributed by atoms with Gasteiger partial charge in [0.15, 0.2) is 0 Å². The maximum Gasteiger partial charge on any atom is 0.379 e. The van der Waals surface area contributed by atoms with Crippen molar-refractivity contribution in [1.82, 2.24) is 33.9 Å². The molecular weight excluding hydrogens is 422 g/mol. The molecule has 0 atom stereocenters. The molecule has 0 aliphatic rings. The summed E-state index contributed by atoms with van der Waals surface area (Å²) < 4.78 is 16.0. The van der Waals surface area contributed by atoms with E-state index in [0.717, 1.165) is 33.5 Å². The average molecular weight is 439 g/mol. The van der Waals surface area contributed by atoms with Crippen molar-refractivity contribution in [2.75, 3.05) is 0 Å². The van der Waals surface area contributed by atoms with Crippen LogP contribution in [0, 0.1) is 0 Å². The lowest BCUT2D eigenvalue weighted by atomic mass is 10.1. The molecule has 0 aliphatic heterocycles. The molecule has 0 radical (unpaired) electrons. The first-order valence-corrected chi connectivity index (χ1v) is 10.2. The van der Waals surface area contributed by atoms with Crippen LogP contribution in [0.4, 0.5) is 0 Å². The lowest BCUT2D eigenvalue weighted by Crippen LogP contribution is -2.08. The molecule has 0 aliphatic carbocycles. The van der Waals surface area contributed by atoms with Crippen LogP contribution in [-0.2, 0) is 13.6 Å². The van der Waals surface area contributed by atoms with Gasteiger partial charge >= 0.3 is 5.97 Å². The summed E-state index contributed by atoms with van der Waals surface area (Å²) in [6.45, 7) is 0.457. The van der Waals surface area contributed by atoms with Gasteiger partial charge in [0.25, 0.3) is 0 Å². The molecule has 0 bridgehead atoms. The van der Waals surface area contributed by atoms with E-state index in [-0.39, 0.29) is 5.76 Å². The molecule has 6 rings (SSSR count). The van der Waals surface area contributed by atoms with Crippen LogP contribution in [0.3, 0.4) is 0 Å². The number of esters is 1. The minimum Gasteiger partial charge on any atom is -0.457 e. The van der Waals surface area contributed by atoms with Gasteiger partial charge in [0.05, 0.1) is 48.8 Å². The second kappa shape index (κ2) is 7.45. The molecule has 0 saturated heterocycles. The summed E-state index contributed by atoms with van der Waals surface area (Å²) in [6.07, 6.45) is 12.2. The van der Waals surface area contributed by atoms with Crippen molar-refractivity contribution < 1.29 is 13.9 Å². The van der Waals surface area contributed by atoms with Crippen LogP contribution in [0.25, 0.3) is 27.8 Å². The smallest absolute Gasteiger partial charge is 0.379 e. The maximum absolute atomic E-state index is 12.2. The molecule has 0 aromatic carbocycles. The lowest BCUT2D eigenvalue weighted by Gasteiger charge is -2.07. The summed E-state index contributed by atoms with van der Waals surface area (Å²) in [5.41, 5.74) is 5.24. The number of imidazole rings is 1. The van der Waals surface area contributed by atoms with Crippen LogP contribution in [-0.4, -0.2) is 39.9 Å². The molecule has 0 amide bonds. The predicted molar refractivity (Wildman–Crippen MR) is 118 cm³/mol. The molecule has 10 nitrogen and oxygen atoms in total. The van der Waals surface area contributed by atoms with Crippen LogP contribution >= 0.6 is 0 Å². The first-order valence-electron chi connectivity index (χ1n) is 10.2. The standard InChI is InChI=1S/C23H17N7O3/c1-28-12-16(9-26-28)15-7-20-19(24-8-15)11-27-30(20)13-17-10-25-22-5-4-18(14-29(17)22)33-23(31)21-3-2-6-32-21/h2-12,14H,13H2,1H3. The van der Waals surface area contributed by atoms with Crippen molar-refractivity contribution in [1.29, 1.82) is 0 Å². The Morgan fingerprint density at radius 2 is 1.97 bits per heavy atom. The topological polar surface area (TPSA) is 105 Å². The van der Waals surface area contributed by atoms with Crippen LogP contribution in [0.2, 0.25) is 0 Å². The monoisotopic (exact) mass is 439 g/mol. The van der Waals surface area contributed by atoms with E-state index < -0.39 is 5.97 Å². The highest BCUT2D eigenvalue weighted by molar-refractivity contribution is 5.88. The van der Waals surface area contributed by atoms with Crippen LogP contribution in [0.15, 0.2) is 78.2 Å². The van der Waals surface area contributed by atoms with E-state index in [4.69, 9.17) is 9.15 Å². The highest BCUT2D eigenvalue weighted by Gasteiger charge is 2.14. The third-order valence-electron chi connectivity index (χ3n) is 5.33. The molecular formula is C23H17N7O3. The van der Waals surface area contributed by atoms with Crippen LogP contribution in [0.5, 0.6) is 5.75 Å². The minimum absolute atomic E-state index is 0.140. The van der Waals surface area contributed by atoms with Gasteiger partial charge in [-0.15, -0.1) is 0 Å². The Bertz CT molecular complexity index is 1610. The zero-order chi connectivity index (χ0) is 22.4. The number of hydrogen-bond donors (Lipinski definition) is 0. The Kier molecular flexibility index (Phi) is 4.29. The molecule has 0 saturated carbocycles. The van der Waals surface area contributed by atoms with E-state index in [0.29, 0.717) is 12.3 Å². The van der Waals surface area contributed by atoms with E-state index in [1.165, 1.54) is 6.26 Å². The number of carbonyl (C=O) groups is 1. The third-order valence-corrected chi connectivity index (χ3v) is 5.33. The molecule has 33 heavy (non-hydrogen) atoms. The summed E-state index contributed by atoms with van der Waals surface area (Å²) in [5.74, 6) is -0.0389. The molecule has 0 fully saturated rings. The van der Waals surface area contributed by atoms with Crippen molar-refractivity contribution >= 4 is 22.6 Å². The molecule has 6 aromatic heterocycles. The number of aryl methyl sites for hydroxylation is 1. The highest BCUT2D eigenvalue weighted by Crippen LogP contribution is 2.23. The number of hydrogen-bond acceptors (Lipinski definition) is 7. The molecule has 6 heterocycles. The predicted octanol–water partition coefficient (Wildman–Crippen LogP) is 3.34. The van der Waals surface area contributed by atoms with Gasteiger partial charge in [-0.3, -0.25) is 18.7 Å². The van der Waals surface area contributed by atoms with Crippen molar-refractivity contribution in [3.05, 3.63) is 85.2 Å². The third kappa shape index (κ3) is 3.43. The number of fused-ring (bicyclic) bond motifs is 2. The first kappa shape index (κ1) is 19.0. The van der Waals surface area contributed by atoms with Crippen molar-refractivity contribution in [3.63, 3.8) is 0 Å². The summed E-state index contributed by atoms with van der Waals surface area (Å²) in [5, 5.41) is 8.75. The number of pyridine rings is 2. The number of ether oxygens (including phenoxy) is 1. The van der Waals surface area contributed by atoms with Gasteiger partial charge in [0, 0.05) is 30.6 Å². The molecule has 0 unspecified atom stereocenters. The van der Waals surface area contributed by atoms with E-state index in [9.17, 15) is 4.79 Å². The van der Waals surface area contributed by atoms with Crippen molar-refractivity contribution in [3.8, 4) is 16.9 Å². The number of furan rings is 1. The fourth-order valence-corrected chi connectivity index (χ4v) is 3.71. The van der Waals surface area contributed by atoms with Gasteiger partial charge in [0.1, 0.15) is 16.9 Å². The van der Waals surface area contributed by atoms with E-state index in [2.05, 4.69) is 20.2 Å². The molecule has 6 aromatic rings. The number of aromatic nitrogens is 7. The first-order chi connectivity index (χ1) is 16.1. The molecule has 162 valence electrons. The van der Waals surface area contributed by atoms with Crippen molar-refractivity contribution in [2.24, 2.45) is 7.05 Å². The number of rotatable bonds is 5. The molecule has 0 N–H and O–H groups in total. The maximum atomic E-state index is 12.2.